The van der Waals surface area contributed by atoms with E-state index in [4.69, 9.17) is 5.11 Å². The highest BCUT2D eigenvalue weighted by Gasteiger charge is 2.24. The summed E-state index contributed by atoms with van der Waals surface area (Å²) in [6.45, 7) is 5.47. The van der Waals surface area contributed by atoms with Gasteiger partial charge >= 0.3 is 5.97 Å². The Kier molecular flexibility index (Phi) is 4.60. The summed E-state index contributed by atoms with van der Waals surface area (Å²) in [4.78, 5) is 23.2. The van der Waals surface area contributed by atoms with Crippen LogP contribution in [0.15, 0.2) is 30.3 Å². The first-order chi connectivity index (χ1) is 10.4. The fraction of sp³-hybridized carbons (Fsp3) is 0.312. The van der Waals surface area contributed by atoms with Gasteiger partial charge in [-0.15, -0.1) is 0 Å². The van der Waals surface area contributed by atoms with Gasteiger partial charge in [0.05, 0.1) is 5.69 Å². The quantitative estimate of drug-likeness (QED) is 0.789. The van der Waals surface area contributed by atoms with Gasteiger partial charge in [-0.2, -0.15) is 5.10 Å². The molecule has 0 bridgehead atoms. The van der Waals surface area contributed by atoms with E-state index in [-0.39, 0.29) is 11.6 Å². The Morgan fingerprint density at radius 3 is 2.41 bits per heavy atom. The lowest BCUT2D eigenvalue weighted by molar-refractivity contribution is -0.140. The number of aliphatic carboxylic acids is 1. The number of aromatic amines is 1. The summed E-state index contributed by atoms with van der Waals surface area (Å²) in [6.07, 6.45) is 0. The Labute approximate surface area is 128 Å². The molecule has 22 heavy (non-hydrogen) atoms. The number of H-pyrrole nitrogens is 1. The predicted octanol–water partition coefficient (Wildman–Crippen LogP) is 2.22. The van der Waals surface area contributed by atoms with Crippen LogP contribution in [0.5, 0.6) is 0 Å². The highest BCUT2D eigenvalue weighted by atomic mass is 16.4. The Morgan fingerprint density at radius 1 is 1.23 bits per heavy atom. The maximum absolute atomic E-state index is 12.1. The van der Waals surface area contributed by atoms with E-state index in [1.165, 1.54) is 0 Å². The minimum atomic E-state index is -1.05. The van der Waals surface area contributed by atoms with Crippen LogP contribution in [0, 0.1) is 12.8 Å². The highest BCUT2D eigenvalue weighted by molar-refractivity contribution is 5.95. The smallest absolute Gasteiger partial charge is 0.326 e. The molecule has 6 nitrogen and oxygen atoms in total. The van der Waals surface area contributed by atoms with Crippen molar-refractivity contribution in [2.75, 3.05) is 0 Å². The average molecular weight is 301 g/mol. The number of carbonyl (C=O) groups is 2. The number of amides is 1. The van der Waals surface area contributed by atoms with Gasteiger partial charge in [0.1, 0.15) is 11.7 Å². The second-order valence-electron chi connectivity index (χ2n) is 5.57. The Bertz CT molecular complexity index is 674. The van der Waals surface area contributed by atoms with Crippen LogP contribution in [0.2, 0.25) is 0 Å². The molecule has 1 heterocycles. The summed E-state index contributed by atoms with van der Waals surface area (Å²) in [5.41, 5.74) is 2.90. The molecular formula is C16H19N3O3. The SMILES string of the molecule is Cc1ccc(-c2cc(C(=O)NC(C(=O)O)C(C)C)[nH]n2)cc1. The second-order valence-corrected chi connectivity index (χ2v) is 5.57. The number of hydrogen-bond donors (Lipinski definition) is 3. The van der Waals surface area contributed by atoms with E-state index in [1.54, 1.807) is 19.9 Å². The molecule has 3 N–H and O–H groups in total. The number of aryl methyl sites for hydroxylation is 1. The molecule has 0 radical (unpaired) electrons. The summed E-state index contributed by atoms with van der Waals surface area (Å²) in [5.74, 6) is -1.74. The van der Waals surface area contributed by atoms with Crippen LogP contribution in [0.4, 0.5) is 0 Å². The summed E-state index contributed by atoms with van der Waals surface area (Å²) < 4.78 is 0. The molecule has 1 aromatic heterocycles. The number of carboxylic acids is 1. The number of aromatic nitrogens is 2. The van der Waals surface area contributed by atoms with Gasteiger partial charge in [0.2, 0.25) is 0 Å². The molecule has 0 aliphatic heterocycles. The highest BCUT2D eigenvalue weighted by Crippen LogP contribution is 2.18. The Morgan fingerprint density at radius 2 is 1.86 bits per heavy atom. The van der Waals surface area contributed by atoms with Crippen molar-refractivity contribution in [2.45, 2.75) is 26.8 Å². The molecular weight excluding hydrogens is 282 g/mol. The van der Waals surface area contributed by atoms with Gasteiger partial charge in [-0.05, 0) is 18.9 Å². The molecule has 1 aromatic carbocycles. The van der Waals surface area contributed by atoms with Crippen molar-refractivity contribution in [1.29, 1.82) is 0 Å². The van der Waals surface area contributed by atoms with Crippen molar-refractivity contribution in [3.05, 3.63) is 41.6 Å². The Hall–Kier alpha value is -2.63. The number of carboxylic acid groups (broad SMARTS) is 1. The van der Waals surface area contributed by atoms with Crippen LogP contribution in [-0.2, 0) is 4.79 Å². The number of hydrogen-bond acceptors (Lipinski definition) is 3. The van der Waals surface area contributed by atoms with E-state index in [0.717, 1.165) is 11.1 Å². The molecule has 6 heteroatoms. The summed E-state index contributed by atoms with van der Waals surface area (Å²) in [6, 6.07) is 8.44. The van der Waals surface area contributed by atoms with E-state index in [2.05, 4.69) is 15.5 Å². The zero-order valence-electron chi connectivity index (χ0n) is 12.8. The number of rotatable bonds is 5. The molecule has 0 aliphatic carbocycles. The van der Waals surface area contributed by atoms with E-state index >= 15 is 0 Å². The van der Waals surface area contributed by atoms with E-state index in [0.29, 0.717) is 5.69 Å². The average Bonchev–Trinajstić information content (AvgIpc) is 2.94. The van der Waals surface area contributed by atoms with Crippen molar-refractivity contribution in [1.82, 2.24) is 15.5 Å². The number of benzene rings is 1. The van der Waals surface area contributed by atoms with Crippen molar-refractivity contribution < 1.29 is 14.7 Å². The third kappa shape index (κ3) is 3.52. The molecule has 0 saturated heterocycles. The topological polar surface area (TPSA) is 95.1 Å². The van der Waals surface area contributed by atoms with Crippen LogP contribution in [-0.4, -0.2) is 33.2 Å². The lowest BCUT2D eigenvalue weighted by Crippen LogP contribution is -2.44. The summed E-state index contributed by atoms with van der Waals surface area (Å²) in [7, 11) is 0. The largest absolute Gasteiger partial charge is 0.480 e. The van der Waals surface area contributed by atoms with Gasteiger partial charge in [0.15, 0.2) is 0 Å². The third-order valence-corrected chi connectivity index (χ3v) is 3.39. The van der Waals surface area contributed by atoms with Crippen LogP contribution in [0.3, 0.4) is 0 Å². The Balaban J connectivity index is 2.15. The maximum atomic E-state index is 12.1. The maximum Gasteiger partial charge on any atom is 0.326 e. The molecule has 0 saturated carbocycles. The van der Waals surface area contributed by atoms with Gasteiger partial charge in [-0.1, -0.05) is 43.7 Å². The molecule has 2 rings (SSSR count). The van der Waals surface area contributed by atoms with Crippen LogP contribution in [0.25, 0.3) is 11.3 Å². The minimum Gasteiger partial charge on any atom is -0.480 e. The number of nitrogens with one attached hydrogen (secondary N) is 2. The van der Waals surface area contributed by atoms with Gasteiger partial charge in [0.25, 0.3) is 5.91 Å². The van der Waals surface area contributed by atoms with Crippen molar-refractivity contribution in [3.8, 4) is 11.3 Å². The van der Waals surface area contributed by atoms with E-state index in [9.17, 15) is 9.59 Å². The summed E-state index contributed by atoms with van der Waals surface area (Å²) >= 11 is 0. The molecule has 0 spiro atoms. The molecule has 1 amide bonds. The van der Waals surface area contributed by atoms with Crippen LogP contribution < -0.4 is 5.32 Å². The summed E-state index contributed by atoms with van der Waals surface area (Å²) in [5, 5.41) is 18.4. The first-order valence-corrected chi connectivity index (χ1v) is 7.04. The van der Waals surface area contributed by atoms with Gasteiger partial charge in [-0.25, -0.2) is 4.79 Å². The molecule has 1 atom stereocenters. The van der Waals surface area contributed by atoms with Crippen molar-refractivity contribution in [2.24, 2.45) is 5.92 Å². The molecule has 1 unspecified atom stereocenters. The third-order valence-electron chi connectivity index (χ3n) is 3.39. The second kappa shape index (κ2) is 6.43. The molecule has 0 aliphatic rings. The lowest BCUT2D eigenvalue weighted by atomic mass is 10.0. The van der Waals surface area contributed by atoms with Gasteiger partial charge in [0, 0.05) is 5.56 Å². The zero-order chi connectivity index (χ0) is 16.3. The molecule has 0 fully saturated rings. The predicted molar refractivity (Wildman–Crippen MR) is 82.5 cm³/mol. The van der Waals surface area contributed by atoms with Crippen LogP contribution >= 0.6 is 0 Å². The first-order valence-electron chi connectivity index (χ1n) is 7.04. The molecule has 116 valence electrons. The number of carbonyl (C=O) groups excluding carboxylic acids is 1. The van der Waals surface area contributed by atoms with Crippen molar-refractivity contribution in [3.63, 3.8) is 0 Å². The first kappa shape index (κ1) is 15.8. The van der Waals surface area contributed by atoms with Crippen molar-refractivity contribution >= 4 is 11.9 Å². The fourth-order valence-corrected chi connectivity index (χ4v) is 2.04. The molecule has 2 aromatic rings. The van der Waals surface area contributed by atoms with Crippen LogP contribution in [0.1, 0.15) is 29.9 Å². The normalized spacial score (nSPS) is 12.2. The minimum absolute atomic E-state index is 0.207. The van der Waals surface area contributed by atoms with Gasteiger partial charge < -0.3 is 10.4 Å². The van der Waals surface area contributed by atoms with E-state index < -0.39 is 17.9 Å². The lowest BCUT2D eigenvalue weighted by Gasteiger charge is -2.17. The fourth-order valence-electron chi connectivity index (χ4n) is 2.04. The van der Waals surface area contributed by atoms with E-state index in [1.807, 2.05) is 31.2 Å². The monoisotopic (exact) mass is 301 g/mol. The van der Waals surface area contributed by atoms with Gasteiger partial charge in [-0.3, -0.25) is 9.89 Å². The standard InChI is InChI=1S/C16H19N3O3/c1-9(2)14(16(21)22)17-15(20)13-8-12(18-19-13)11-6-4-10(3)5-7-11/h4-9,14H,1-3H3,(H,17,20)(H,18,19)(H,21,22). The zero-order valence-corrected chi connectivity index (χ0v) is 12.8. The number of nitrogens with zero attached hydrogens (tertiary/aromatic N) is 1.